The van der Waals surface area contributed by atoms with E-state index in [1.807, 2.05) is 30.3 Å². The van der Waals surface area contributed by atoms with Crippen LogP contribution < -0.4 is 5.32 Å². The first-order valence-corrected chi connectivity index (χ1v) is 11.9. The van der Waals surface area contributed by atoms with Gasteiger partial charge in [-0.2, -0.15) is 0 Å². The van der Waals surface area contributed by atoms with Gasteiger partial charge in [0.1, 0.15) is 5.82 Å². The molecule has 2 saturated heterocycles. The smallest absolute Gasteiger partial charge is 0.233 e. The molecule has 2 heterocycles. The van der Waals surface area contributed by atoms with Crippen LogP contribution in [-0.2, 0) is 15.0 Å². The zero-order valence-corrected chi connectivity index (χ0v) is 18.5. The molecule has 0 bridgehead atoms. The Balaban J connectivity index is 1.37. The van der Waals surface area contributed by atoms with Gasteiger partial charge in [-0.3, -0.25) is 9.59 Å². The molecule has 1 aliphatic carbocycles. The van der Waals surface area contributed by atoms with Gasteiger partial charge in [-0.15, -0.1) is 0 Å². The van der Waals surface area contributed by atoms with Gasteiger partial charge in [0.15, 0.2) is 0 Å². The normalized spacial score (nSPS) is 24.3. The number of hydrogen-bond donors (Lipinski definition) is 1. The lowest BCUT2D eigenvalue weighted by molar-refractivity contribution is -0.141. The molecule has 2 aromatic carbocycles. The van der Waals surface area contributed by atoms with Crippen LogP contribution in [0.4, 0.5) is 4.39 Å². The van der Waals surface area contributed by atoms with Gasteiger partial charge in [0.25, 0.3) is 0 Å². The van der Waals surface area contributed by atoms with Crippen molar-refractivity contribution in [3.05, 3.63) is 71.5 Å². The van der Waals surface area contributed by atoms with Gasteiger partial charge in [0, 0.05) is 32.0 Å². The molecule has 2 amide bonds. The molecule has 0 aromatic heterocycles. The Hall–Kier alpha value is -2.69. The van der Waals surface area contributed by atoms with Crippen molar-refractivity contribution in [2.45, 2.75) is 56.3 Å². The highest BCUT2D eigenvalue weighted by molar-refractivity contribution is 5.89. The second-order valence-corrected chi connectivity index (χ2v) is 9.89. The quantitative estimate of drug-likeness (QED) is 0.771. The summed E-state index contributed by atoms with van der Waals surface area (Å²) in [6.07, 6.45) is 6.09. The minimum absolute atomic E-state index is 0.0830. The van der Waals surface area contributed by atoms with Crippen molar-refractivity contribution in [1.29, 1.82) is 0 Å². The molecule has 3 aliphatic rings. The van der Waals surface area contributed by atoms with E-state index in [1.54, 1.807) is 0 Å². The number of carbonyl (C=O) groups is 2. The summed E-state index contributed by atoms with van der Waals surface area (Å²) in [5.41, 5.74) is 1.64. The average molecular weight is 435 g/mol. The highest BCUT2D eigenvalue weighted by atomic mass is 19.1. The Morgan fingerprint density at radius 3 is 2.25 bits per heavy atom. The maximum absolute atomic E-state index is 13.9. The van der Waals surface area contributed by atoms with E-state index in [9.17, 15) is 14.0 Å². The lowest BCUT2D eigenvalue weighted by atomic mass is 9.62. The van der Waals surface area contributed by atoms with Gasteiger partial charge >= 0.3 is 0 Å². The van der Waals surface area contributed by atoms with Crippen LogP contribution in [-0.4, -0.2) is 36.3 Å². The zero-order valence-electron chi connectivity index (χ0n) is 18.5. The van der Waals surface area contributed by atoms with Gasteiger partial charge in [-0.05, 0) is 54.4 Å². The second kappa shape index (κ2) is 8.34. The Bertz CT molecular complexity index is 974. The molecule has 2 aliphatic heterocycles. The fraction of sp³-hybridized carbons (Fsp3) is 0.481. The predicted octanol–water partition coefficient (Wildman–Crippen LogP) is 4.55. The van der Waals surface area contributed by atoms with E-state index >= 15 is 0 Å². The van der Waals surface area contributed by atoms with Crippen molar-refractivity contribution >= 4 is 11.8 Å². The molecule has 0 radical (unpaired) electrons. The van der Waals surface area contributed by atoms with Gasteiger partial charge < -0.3 is 10.2 Å². The van der Waals surface area contributed by atoms with Crippen molar-refractivity contribution in [2.75, 3.05) is 19.6 Å². The third-order valence-electron chi connectivity index (χ3n) is 8.27. The first kappa shape index (κ1) is 21.2. The number of piperidine rings is 2. The van der Waals surface area contributed by atoms with Crippen LogP contribution in [0, 0.1) is 11.2 Å². The van der Waals surface area contributed by atoms with Gasteiger partial charge in [0.2, 0.25) is 11.8 Å². The van der Waals surface area contributed by atoms with Crippen LogP contribution in [0.1, 0.15) is 62.0 Å². The molecule has 1 saturated carbocycles. The largest absolute Gasteiger partial charge is 0.355 e. The van der Waals surface area contributed by atoms with Crippen molar-refractivity contribution in [3.8, 4) is 0 Å². The standard InChI is InChI=1S/C27H31FN2O2/c28-22-10-8-20(9-11-22)23-19-29-24(31)18-26(23)14-16-30(17-15-26)25(32)27(12-4-5-13-27)21-6-2-1-3-7-21/h1-3,6-11,23H,4-5,12-19H2,(H,29,31). The number of rotatable bonds is 3. The van der Waals surface area contributed by atoms with Gasteiger partial charge in [0.05, 0.1) is 5.41 Å². The number of likely N-dealkylation sites (tertiary alicyclic amines) is 1. The number of benzene rings is 2. The summed E-state index contributed by atoms with van der Waals surface area (Å²) >= 11 is 0. The summed E-state index contributed by atoms with van der Waals surface area (Å²) in [6.45, 7) is 1.93. The summed E-state index contributed by atoms with van der Waals surface area (Å²) in [6, 6.07) is 17.0. The minimum atomic E-state index is -0.397. The lowest BCUT2D eigenvalue weighted by Gasteiger charge is -2.50. The van der Waals surface area contributed by atoms with Crippen LogP contribution >= 0.6 is 0 Å². The van der Waals surface area contributed by atoms with E-state index in [2.05, 4.69) is 22.3 Å². The average Bonchev–Trinajstić information content (AvgIpc) is 3.32. The van der Waals surface area contributed by atoms with E-state index in [1.165, 1.54) is 12.1 Å². The molecule has 5 rings (SSSR count). The fourth-order valence-corrected chi connectivity index (χ4v) is 6.45. The SMILES string of the molecule is O=C1CC2(CCN(C(=O)C3(c4ccccc4)CCCC3)CC2)C(c2ccc(F)cc2)CN1. The van der Waals surface area contributed by atoms with E-state index in [4.69, 9.17) is 0 Å². The number of hydrogen-bond acceptors (Lipinski definition) is 2. The Morgan fingerprint density at radius 2 is 1.59 bits per heavy atom. The van der Waals surface area contributed by atoms with Crippen LogP contribution in [0.5, 0.6) is 0 Å². The summed E-state index contributed by atoms with van der Waals surface area (Å²) in [5, 5.41) is 3.01. The summed E-state index contributed by atoms with van der Waals surface area (Å²) in [5.74, 6) is 0.243. The maximum Gasteiger partial charge on any atom is 0.233 e. The van der Waals surface area contributed by atoms with Gasteiger partial charge in [-0.25, -0.2) is 4.39 Å². The molecule has 168 valence electrons. The third-order valence-corrected chi connectivity index (χ3v) is 8.27. The minimum Gasteiger partial charge on any atom is -0.355 e. The summed E-state index contributed by atoms with van der Waals surface area (Å²) in [4.78, 5) is 28.3. The van der Waals surface area contributed by atoms with Gasteiger partial charge in [-0.1, -0.05) is 55.3 Å². The monoisotopic (exact) mass is 434 g/mol. The number of amides is 2. The molecule has 5 heteroatoms. The van der Waals surface area contributed by atoms with Crippen LogP contribution in [0.25, 0.3) is 0 Å². The molecule has 1 spiro atoms. The van der Waals surface area contributed by atoms with Crippen LogP contribution in [0.3, 0.4) is 0 Å². The first-order chi connectivity index (χ1) is 15.5. The molecule has 1 N–H and O–H groups in total. The maximum atomic E-state index is 13.9. The van der Waals surface area contributed by atoms with Crippen molar-refractivity contribution in [1.82, 2.24) is 10.2 Å². The fourth-order valence-electron chi connectivity index (χ4n) is 6.45. The Kier molecular flexibility index (Phi) is 5.52. The van der Waals surface area contributed by atoms with E-state index in [-0.39, 0.29) is 29.0 Å². The molecule has 1 unspecified atom stereocenters. The first-order valence-electron chi connectivity index (χ1n) is 11.9. The molecule has 32 heavy (non-hydrogen) atoms. The summed E-state index contributed by atoms with van der Waals surface area (Å²) in [7, 11) is 0. The van der Waals surface area contributed by atoms with E-state index in [0.29, 0.717) is 26.1 Å². The highest BCUT2D eigenvalue weighted by Crippen LogP contribution is 2.50. The van der Waals surface area contributed by atoms with E-state index < -0.39 is 5.41 Å². The molecule has 4 nitrogen and oxygen atoms in total. The molecule has 2 aromatic rings. The number of nitrogens with zero attached hydrogens (tertiary/aromatic N) is 1. The van der Waals surface area contributed by atoms with Crippen molar-refractivity contribution in [3.63, 3.8) is 0 Å². The van der Waals surface area contributed by atoms with Crippen molar-refractivity contribution in [2.24, 2.45) is 5.41 Å². The molecular weight excluding hydrogens is 403 g/mol. The zero-order chi connectivity index (χ0) is 22.2. The van der Waals surface area contributed by atoms with Crippen molar-refractivity contribution < 1.29 is 14.0 Å². The molecule has 3 fully saturated rings. The summed E-state index contributed by atoms with van der Waals surface area (Å²) < 4.78 is 13.5. The van der Waals surface area contributed by atoms with Crippen LogP contribution in [0.15, 0.2) is 54.6 Å². The highest BCUT2D eigenvalue weighted by Gasteiger charge is 2.50. The number of halogens is 1. The van der Waals surface area contributed by atoms with Crippen LogP contribution in [0.2, 0.25) is 0 Å². The predicted molar refractivity (Wildman–Crippen MR) is 122 cm³/mol. The molecule has 1 atom stereocenters. The Morgan fingerprint density at radius 1 is 0.938 bits per heavy atom. The number of nitrogens with one attached hydrogen (secondary N) is 1. The number of carbonyl (C=O) groups excluding carboxylic acids is 2. The topological polar surface area (TPSA) is 49.4 Å². The third kappa shape index (κ3) is 3.62. The second-order valence-electron chi connectivity index (χ2n) is 9.89. The molecular formula is C27H31FN2O2. The lowest BCUT2D eigenvalue weighted by Crippen LogP contribution is -2.55. The Labute approximate surface area is 189 Å². The van der Waals surface area contributed by atoms with E-state index in [0.717, 1.165) is 49.7 Å².